The maximum Gasteiger partial charge on any atom is 0.270 e. The van der Waals surface area contributed by atoms with Gasteiger partial charge >= 0.3 is 0 Å². The molecule has 3 aliphatic rings. The lowest BCUT2D eigenvalue weighted by Crippen LogP contribution is -2.49. The van der Waals surface area contributed by atoms with Gasteiger partial charge in [0, 0.05) is 49.3 Å². The van der Waals surface area contributed by atoms with Crippen LogP contribution in [0.15, 0.2) is 85.1 Å². The molecule has 0 radical (unpaired) electrons. The largest absolute Gasteiger partial charge is 0.353 e. The van der Waals surface area contributed by atoms with Crippen molar-refractivity contribution in [3.63, 3.8) is 0 Å². The molecule has 0 spiro atoms. The van der Waals surface area contributed by atoms with Crippen LogP contribution in [0.5, 0.6) is 0 Å². The van der Waals surface area contributed by atoms with Crippen molar-refractivity contribution in [3.8, 4) is 0 Å². The Labute approximate surface area is 253 Å². The summed E-state index contributed by atoms with van der Waals surface area (Å²) in [5.74, 6) is 0.971. The number of rotatable bonds is 4. The molecular weight excluding hydrogens is 534 g/mol. The third-order valence-corrected chi connectivity index (χ3v) is 9.13. The number of aromatic nitrogens is 2. The van der Waals surface area contributed by atoms with Gasteiger partial charge in [-0.1, -0.05) is 42.5 Å². The number of carbonyl (C=O) groups excluding carboxylic acids is 2. The summed E-state index contributed by atoms with van der Waals surface area (Å²) in [6, 6.07) is 24.2. The highest BCUT2D eigenvalue weighted by atomic mass is 16.2. The molecule has 1 fully saturated rings. The van der Waals surface area contributed by atoms with E-state index in [1.165, 1.54) is 24.0 Å². The SMILES string of the molecule is Cc1cc(C2=CCCCC2)ccc1C(=O)N1Cc2ccc(C(=O)N3CCN(c4ccccn4)CC3)n2Cc2ccccc21. The fourth-order valence-electron chi connectivity index (χ4n) is 6.72. The van der Waals surface area contributed by atoms with Crippen LogP contribution in [0.3, 0.4) is 0 Å². The third kappa shape index (κ3) is 5.24. The lowest BCUT2D eigenvalue weighted by molar-refractivity contribution is 0.0735. The zero-order chi connectivity index (χ0) is 29.3. The van der Waals surface area contributed by atoms with Crippen LogP contribution in [0.4, 0.5) is 11.5 Å². The van der Waals surface area contributed by atoms with E-state index < -0.39 is 0 Å². The summed E-state index contributed by atoms with van der Waals surface area (Å²) < 4.78 is 2.10. The molecule has 4 heterocycles. The first-order valence-electron chi connectivity index (χ1n) is 15.4. The number of nitrogens with zero attached hydrogens (tertiary/aromatic N) is 5. The number of carbonyl (C=O) groups is 2. The van der Waals surface area contributed by atoms with Crippen LogP contribution in [-0.2, 0) is 13.1 Å². The molecule has 4 aromatic rings. The molecule has 43 heavy (non-hydrogen) atoms. The maximum absolute atomic E-state index is 14.2. The second-order valence-electron chi connectivity index (χ2n) is 11.8. The van der Waals surface area contributed by atoms with E-state index >= 15 is 0 Å². The zero-order valence-corrected chi connectivity index (χ0v) is 24.7. The number of pyridine rings is 1. The summed E-state index contributed by atoms with van der Waals surface area (Å²) in [5, 5.41) is 0. The van der Waals surface area contributed by atoms with E-state index in [9.17, 15) is 9.59 Å². The lowest BCUT2D eigenvalue weighted by Gasteiger charge is -2.35. The molecule has 0 bridgehead atoms. The van der Waals surface area contributed by atoms with Gasteiger partial charge in [0.05, 0.1) is 13.1 Å². The van der Waals surface area contributed by atoms with Crippen LogP contribution in [0.1, 0.15) is 68.9 Å². The minimum atomic E-state index is -0.0118. The second-order valence-corrected chi connectivity index (χ2v) is 11.8. The number of amides is 2. The molecule has 1 aliphatic carbocycles. The van der Waals surface area contributed by atoms with Crippen LogP contribution >= 0.6 is 0 Å². The predicted octanol–water partition coefficient (Wildman–Crippen LogP) is 6.32. The summed E-state index contributed by atoms with van der Waals surface area (Å²) in [6.45, 7) is 5.77. The van der Waals surface area contributed by atoms with Crippen molar-refractivity contribution >= 4 is 28.9 Å². The topological polar surface area (TPSA) is 61.7 Å². The van der Waals surface area contributed by atoms with Crippen molar-refractivity contribution in [2.24, 2.45) is 0 Å². The van der Waals surface area contributed by atoms with Gasteiger partial charge in [0.1, 0.15) is 11.5 Å². The molecule has 2 amide bonds. The molecule has 218 valence electrons. The first-order chi connectivity index (χ1) is 21.1. The Morgan fingerprint density at radius 2 is 1.65 bits per heavy atom. The highest BCUT2D eigenvalue weighted by Crippen LogP contribution is 2.33. The number of hydrogen-bond donors (Lipinski definition) is 0. The molecule has 7 nitrogen and oxygen atoms in total. The molecule has 0 saturated carbocycles. The van der Waals surface area contributed by atoms with E-state index in [1.54, 1.807) is 6.20 Å². The van der Waals surface area contributed by atoms with Gasteiger partial charge in [0.2, 0.25) is 0 Å². The number of anilines is 2. The highest BCUT2D eigenvalue weighted by Gasteiger charge is 2.30. The van der Waals surface area contributed by atoms with Gasteiger partial charge in [-0.2, -0.15) is 0 Å². The van der Waals surface area contributed by atoms with Gasteiger partial charge in [-0.15, -0.1) is 0 Å². The van der Waals surface area contributed by atoms with Gasteiger partial charge in [0.15, 0.2) is 0 Å². The molecule has 7 rings (SSSR count). The summed E-state index contributed by atoms with van der Waals surface area (Å²) in [7, 11) is 0. The minimum absolute atomic E-state index is 0.0118. The Hall–Kier alpha value is -4.65. The quantitative estimate of drug-likeness (QED) is 0.288. The Bertz CT molecular complexity index is 1700. The van der Waals surface area contributed by atoms with E-state index in [0.29, 0.717) is 31.9 Å². The summed E-state index contributed by atoms with van der Waals surface area (Å²) in [6.07, 6.45) is 8.86. The molecule has 2 aliphatic heterocycles. The Morgan fingerprint density at radius 3 is 2.42 bits per heavy atom. The number of hydrogen-bond acceptors (Lipinski definition) is 4. The molecule has 0 atom stereocenters. The van der Waals surface area contributed by atoms with Crippen LogP contribution in [-0.4, -0.2) is 52.4 Å². The Balaban J connectivity index is 1.14. The number of aryl methyl sites for hydroxylation is 1. The standard InChI is InChI=1S/C36H37N5O2/c1-26-23-28(27-9-3-2-4-10-27)14-16-31(26)35(42)41-25-30-15-17-33(40(30)24-29-11-5-6-12-32(29)41)36(43)39-21-19-38(20-22-39)34-13-7-8-18-37-34/h5-9,11-18,23H,2-4,10,19-22,24-25H2,1H3. The first kappa shape index (κ1) is 27.2. The number of allylic oxidation sites excluding steroid dienone is 2. The average Bonchev–Trinajstić information content (AvgIpc) is 3.37. The van der Waals surface area contributed by atoms with Crippen molar-refractivity contribution < 1.29 is 9.59 Å². The van der Waals surface area contributed by atoms with Gasteiger partial charge in [-0.3, -0.25) is 9.59 Å². The lowest BCUT2D eigenvalue weighted by atomic mass is 9.91. The van der Waals surface area contributed by atoms with Gasteiger partial charge < -0.3 is 19.3 Å². The molecule has 7 heteroatoms. The van der Waals surface area contributed by atoms with Crippen molar-refractivity contribution in [1.29, 1.82) is 0 Å². The van der Waals surface area contributed by atoms with Gasteiger partial charge in [-0.05, 0) is 91.3 Å². The van der Waals surface area contributed by atoms with Crippen LogP contribution in [0.25, 0.3) is 5.57 Å². The van der Waals surface area contributed by atoms with Crippen molar-refractivity contribution in [2.45, 2.75) is 45.7 Å². The van der Waals surface area contributed by atoms with Crippen LogP contribution < -0.4 is 9.80 Å². The van der Waals surface area contributed by atoms with E-state index in [4.69, 9.17) is 0 Å². The summed E-state index contributed by atoms with van der Waals surface area (Å²) in [5.41, 5.74) is 7.89. The minimum Gasteiger partial charge on any atom is -0.353 e. The number of benzene rings is 2. The molecule has 2 aromatic heterocycles. The van der Waals surface area contributed by atoms with Crippen molar-refractivity contribution in [3.05, 3.63) is 119 Å². The van der Waals surface area contributed by atoms with E-state index in [2.05, 4.69) is 38.7 Å². The number of fused-ring (bicyclic) bond motifs is 2. The monoisotopic (exact) mass is 571 g/mol. The summed E-state index contributed by atoms with van der Waals surface area (Å²) >= 11 is 0. The van der Waals surface area contributed by atoms with Crippen LogP contribution in [0.2, 0.25) is 0 Å². The molecule has 0 N–H and O–H groups in total. The Kier molecular flexibility index (Phi) is 7.31. The number of para-hydroxylation sites is 1. The number of piperazine rings is 1. The van der Waals surface area contributed by atoms with E-state index in [0.717, 1.165) is 59.8 Å². The first-order valence-corrected chi connectivity index (χ1v) is 15.4. The average molecular weight is 572 g/mol. The Morgan fingerprint density at radius 1 is 0.814 bits per heavy atom. The third-order valence-electron chi connectivity index (χ3n) is 9.13. The zero-order valence-electron chi connectivity index (χ0n) is 24.7. The highest BCUT2D eigenvalue weighted by molar-refractivity contribution is 6.07. The van der Waals surface area contributed by atoms with Crippen molar-refractivity contribution in [1.82, 2.24) is 14.5 Å². The van der Waals surface area contributed by atoms with Crippen molar-refractivity contribution in [2.75, 3.05) is 36.0 Å². The fourth-order valence-corrected chi connectivity index (χ4v) is 6.72. The normalized spacial score (nSPS) is 16.7. The van der Waals surface area contributed by atoms with E-state index in [-0.39, 0.29) is 11.8 Å². The van der Waals surface area contributed by atoms with Gasteiger partial charge in [-0.25, -0.2) is 4.98 Å². The molecular formula is C36H37N5O2. The summed E-state index contributed by atoms with van der Waals surface area (Å²) in [4.78, 5) is 38.5. The van der Waals surface area contributed by atoms with E-state index in [1.807, 2.05) is 71.3 Å². The smallest absolute Gasteiger partial charge is 0.270 e. The molecule has 1 saturated heterocycles. The van der Waals surface area contributed by atoms with Crippen LogP contribution in [0, 0.1) is 6.92 Å². The predicted molar refractivity (Wildman–Crippen MR) is 170 cm³/mol. The molecule has 2 aromatic carbocycles. The fraction of sp³-hybridized carbons (Fsp3) is 0.306. The second kappa shape index (κ2) is 11.6. The maximum atomic E-state index is 14.2. The van der Waals surface area contributed by atoms with Gasteiger partial charge in [0.25, 0.3) is 11.8 Å². The molecule has 0 unspecified atom stereocenters.